The molecule has 1 heterocycles. The number of rotatable bonds is 2. The number of benzene rings is 1. The Morgan fingerprint density at radius 3 is 3.00 bits per heavy atom. The van der Waals surface area contributed by atoms with Gasteiger partial charge in [-0.05, 0) is 19.2 Å². The lowest BCUT2D eigenvalue weighted by Crippen LogP contribution is -2.40. The lowest BCUT2D eigenvalue weighted by atomic mass is 9.98. The van der Waals surface area contributed by atoms with Crippen LogP contribution < -0.4 is 14.8 Å². The summed E-state index contributed by atoms with van der Waals surface area (Å²) < 4.78 is 10.7. The fourth-order valence-corrected chi connectivity index (χ4v) is 1.83. The molecule has 0 saturated carbocycles. The summed E-state index contributed by atoms with van der Waals surface area (Å²) in [5, 5.41) is 13.1. The van der Waals surface area contributed by atoms with Crippen molar-refractivity contribution < 1.29 is 14.6 Å². The molecule has 0 spiro atoms. The Kier molecular flexibility index (Phi) is 2.79. The standard InChI is InChI=1S/C11H15NO3/c1-12-7-6-15-9-5-3-4-8(14-2)10(9)11(7)13/h3-5,7,11-13H,6H2,1-2H3. The monoisotopic (exact) mass is 209 g/mol. The molecule has 15 heavy (non-hydrogen) atoms. The molecule has 0 fully saturated rings. The van der Waals surface area contributed by atoms with E-state index in [0.717, 1.165) is 5.56 Å². The van der Waals surface area contributed by atoms with Crippen molar-refractivity contribution in [3.05, 3.63) is 23.8 Å². The van der Waals surface area contributed by atoms with E-state index in [1.54, 1.807) is 14.2 Å². The molecule has 2 N–H and O–H groups in total. The zero-order chi connectivity index (χ0) is 10.8. The molecule has 0 aromatic heterocycles. The van der Waals surface area contributed by atoms with Crippen LogP contribution in [0, 0.1) is 0 Å². The van der Waals surface area contributed by atoms with Crippen molar-refractivity contribution in [3.8, 4) is 11.5 Å². The summed E-state index contributed by atoms with van der Waals surface area (Å²) in [5.41, 5.74) is 0.727. The van der Waals surface area contributed by atoms with Gasteiger partial charge in [0.15, 0.2) is 0 Å². The van der Waals surface area contributed by atoms with E-state index in [0.29, 0.717) is 18.1 Å². The van der Waals surface area contributed by atoms with Crippen molar-refractivity contribution in [1.29, 1.82) is 0 Å². The van der Waals surface area contributed by atoms with E-state index in [2.05, 4.69) is 5.32 Å². The zero-order valence-corrected chi connectivity index (χ0v) is 8.86. The molecule has 1 aliphatic rings. The van der Waals surface area contributed by atoms with Crippen molar-refractivity contribution in [2.45, 2.75) is 12.1 Å². The molecule has 2 unspecified atom stereocenters. The second-order valence-electron chi connectivity index (χ2n) is 3.52. The third-order valence-electron chi connectivity index (χ3n) is 2.71. The molecule has 0 amide bonds. The number of ether oxygens (including phenoxy) is 2. The van der Waals surface area contributed by atoms with Gasteiger partial charge in [0.25, 0.3) is 0 Å². The van der Waals surface area contributed by atoms with Gasteiger partial charge in [-0.3, -0.25) is 0 Å². The summed E-state index contributed by atoms with van der Waals surface area (Å²) in [6.45, 7) is 0.470. The lowest BCUT2D eigenvalue weighted by Gasteiger charge is -2.30. The number of methoxy groups -OCH3 is 1. The predicted molar refractivity (Wildman–Crippen MR) is 56.3 cm³/mol. The molecule has 1 aliphatic heterocycles. The minimum atomic E-state index is -0.588. The fourth-order valence-electron chi connectivity index (χ4n) is 1.83. The molecule has 4 nitrogen and oxygen atoms in total. The van der Waals surface area contributed by atoms with Crippen LogP contribution in [0.15, 0.2) is 18.2 Å². The van der Waals surface area contributed by atoms with E-state index in [1.165, 1.54) is 0 Å². The van der Waals surface area contributed by atoms with Gasteiger partial charge in [0.1, 0.15) is 24.2 Å². The molecule has 0 aliphatic carbocycles. The van der Waals surface area contributed by atoms with Gasteiger partial charge >= 0.3 is 0 Å². The maximum absolute atomic E-state index is 10.1. The third kappa shape index (κ3) is 1.66. The van der Waals surface area contributed by atoms with Gasteiger partial charge in [-0.25, -0.2) is 0 Å². The van der Waals surface area contributed by atoms with Crippen LogP contribution in [-0.4, -0.2) is 31.9 Å². The largest absolute Gasteiger partial charge is 0.496 e. The molecule has 82 valence electrons. The molecule has 2 rings (SSSR count). The number of hydrogen-bond donors (Lipinski definition) is 2. The topological polar surface area (TPSA) is 50.7 Å². The Morgan fingerprint density at radius 1 is 1.53 bits per heavy atom. The van der Waals surface area contributed by atoms with Crippen LogP contribution in [0.5, 0.6) is 11.5 Å². The van der Waals surface area contributed by atoms with E-state index >= 15 is 0 Å². The Balaban J connectivity index is 2.43. The van der Waals surface area contributed by atoms with Gasteiger partial charge in [0.05, 0.1) is 18.7 Å². The summed E-state index contributed by atoms with van der Waals surface area (Å²) in [5.74, 6) is 1.37. The highest BCUT2D eigenvalue weighted by Gasteiger charge is 2.30. The summed E-state index contributed by atoms with van der Waals surface area (Å²) in [4.78, 5) is 0. The van der Waals surface area contributed by atoms with E-state index in [-0.39, 0.29) is 6.04 Å². The SMILES string of the molecule is CNC1COc2cccc(OC)c2C1O. The summed E-state index contributed by atoms with van der Waals surface area (Å²) in [7, 11) is 3.39. The van der Waals surface area contributed by atoms with Crippen molar-refractivity contribution in [1.82, 2.24) is 5.32 Å². The summed E-state index contributed by atoms with van der Waals surface area (Å²) >= 11 is 0. The maximum Gasteiger partial charge on any atom is 0.128 e. The van der Waals surface area contributed by atoms with Gasteiger partial charge in [0, 0.05) is 0 Å². The van der Waals surface area contributed by atoms with Gasteiger partial charge < -0.3 is 19.9 Å². The van der Waals surface area contributed by atoms with Gasteiger partial charge in [0.2, 0.25) is 0 Å². The number of likely N-dealkylation sites (N-methyl/N-ethyl adjacent to an activating group) is 1. The van der Waals surface area contributed by atoms with E-state index in [4.69, 9.17) is 9.47 Å². The number of nitrogens with one attached hydrogen (secondary N) is 1. The van der Waals surface area contributed by atoms with Crippen molar-refractivity contribution in [2.24, 2.45) is 0 Å². The van der Waals surface area contributed by atoms with Gasteiger partial charge in [-0.2, -0.15) is 0 Å². The first-order valence-electron chi connectivity index (χ1n) is 4.93. The normalized spacial score (nSPS) is 24.2. The lowest BCUT2D eigenvalue weighted by molar-refractivity contribution is 0.0746. The minimum Gasteiger partial charge on any atom is -0.496 e. The molecular formula is C11H15NO3. The highest BCUT2D eigenvalue weighted by atomic mass is 16.5. The van der Waals surface area contributed by atoms with Crippen molar-refractivity contribution >= 4 is 0 Å². The number of aliphatic hydroxyl groups excluding tert-OH is 1. The predicted octanol–water partition coefficient (Wildman–Crippen LogP) is 0.709. The molecule has 1 aromatic carbocycles. The smallest absolute Gasteiger partial charge is 0.128 e. The van der Waals surface area contributed by atoms with Crippen LogP contribution in [0.2, 0.25) is 0 Å². The second-order valence-corrected chi connectivity index (χ2v) is 3.52. The molecule has 1 aromatic rings. The van der Waals surface area contributed by atoms with Crippen LogP contribution in [0.1, 0.15) is 11.7 Å². The Bertz CT molecular complexity index is 339. The molecule has 2 atom stereocenters. The highest BCUT2D eigenvalue weighted by molar-refractivity contribution is 5.48. The van der Waals surface area contributed by atoms with Crippen LogP contribution in [-0.2, 0) is 0 Å². The Morgan fingerprint density at radius 2 is 2.33 bits per heavy atom. The molecular weight excluding hydrogens is 194 g/mol. The third-order valence-corrected chi connectivity index (χ3v) is 2.71. The average molecular weight is 209 g/mol. The quantitative estimate of drug-likeness (QED) is 0.753. The summed E-state index contributed by atoms with van der Waals surface area (Å²) in [6.07, 6.45) is -0.588. The number of fused-ring (bicyclic) bond motifs is 1. The van der Waals surface area contributed by atoms with Crippen molar-refractivity contribution in [3.63, 3.8) is 0 Å². The van der Waals surface area contributed by atoms with E-state index in [9.17, 15) is 5.11 Å². The molecule has 0 radical (unpaired) electrons. The molecule has 0 bridgehead atoms. The average Bonchev–Trinajstić information content (AvgIpc) is 2.29. The first kappa shape index (κ1) is 10.3. The van der Waals surface area contributed by atoms with Crippen LogP contribution in [0.4, 0.5) is 0 Å². The highest BCUT2D eigenvalue weighted by Crippen LogP contribution is 2.38. The van der Waals surface area contributed by atoms with Crippen LogP contribution >= 0.6 is 0 Å². The van der Waals surface area contributed by atoms with E-state index in [1.807, 2.05) is 18.2 Å². The van der Waals surface area contributed by atoms with Crippen molar-refractivity contribution in [2.75, 3.05) is 20.8 Å². The van der Waals surface area contributed by atoms with Crippen LogP contribution in [0.25, 0.3) is 0 Å². The minimum absolute atomic E-state index is 0.0891. The molecule has 0 saturated heterocycles. The zero-order valence-electron chi connectivity index (χ0n) is 8.86. The first-order chi connectivity index (χ1) is 7.27. The van der Waals surface area contributed by atoms with Gasteiger partial charge in [-0.15, -0.1) is 0 Å². The van der Waals surface area contributed by atoms with Crippen LogP contribution in [0.3, 0.4) is 0 Å². The summed E-state index contributed by atoms with van der Waals surface area (Å²) in [6, 6.07) is 5.43. The van der Waals surface area contributed by atoms with Gasteiger partial charge in [-0.1, -0.05) is 6.07 Å². The maximum atomic E-state index is 10.1. The second kappa shape index (κ2) is 4.08. The van der Waals surface area contributed by atoms with E-state index < -0.39 is 6.10 Å². The number of aliphatic hydroxyl groups is 1. The Labute approximate surface area is 88.8 Å². The first-order valence-corrected chi connectivity index (χ1v) is 4.93. The number of hydrogen-bond acceptors (Lipinski definition) is 4. The Hall–Kier alpha value is -1.26. The molecule has 4 heteroatoms. The fraction of sp³-hybridized carbons (Fsp3) is 0.455.